The van der Waals surface area contributed by atoms with E-state index in [0.717, 1.165) is 5.39 Å². The fourth-order valence-corrected chi connectivity index (χ4v) is 7.22. The van der Waals surface area contributed by atoms with Crippen molar-refractivity contribution in [3.8, 4) is 28.8 Å². The van der Waals surface area contributed by atoms with Crippen molar-refractivity contribution in [2.45, 2.75) is 13.0 Å². The fraction of sp³-hybridized carbons (Fsp3) is 0.333. The van der Waals surface area contributed by atoms with Crippen LogP contribution in [-0.2, 0) is 10.0 Å². The summed E-state index contributed by atoms with van der Waals surface area (Å²) in [6.45, 7) is 4.11. The third-order valence-electron chi connectivity index (χ3n) is 7.55. The predicted molar refractivity (Wildman–Crippen MR) is 155 cm³/mol. The summed E-state index contributed by atoms with van der Waals surface area (Å²) < 4.78 is 36.8. The predicted octanol–water partition coefficient (Wildman–Crippen LogP) is 4.43. The summed E-state index contributed by atoms with van der Waals surface area (Å²) in [7, 11) is -1.64. The number of methoxy groups -OCH3 is 1. The second kappa shape index (κ2) is 10.0. The number of halogens is 2. The van der Waals surface area contributed by atoms with Crippen LogP contribution in [0.5, 0.6) is 11.5 Å². The summed E-state index contributed by atoms with van der Waals surface area (Å²) in [5, 5.41) is 19.0. The highest BCUT2D eigenvalue weighted by atomic mass is 35.5. The molecule has 0 bridgehead atoms. The maximum absolute atomic E-state index is 11.8. The van der Waals surface area contributed by atoms with Gasteiger partial charge in [-0.3, -0.25) is 10.1 Å². The average Bonchev–Trinajstić information content (AvgIpc) is 3.28. The molecule has 0 radical (unpaired) electrons. The Kier molecular flexibility index (Phi) is 6.73. The summed E-state index contributed by atoms with van der Waals surface area (Å²) in [6.07, 6.45) is 5.42. The Morgan fingerprint density at radius 1 is 1.10 bits per heavy atom. The number of hydrogen-bond donors (Lipinski definition) is 1. The molecular formula is C27H25Cl2N7O4S. The van der Waals surface area contributed by atoms with Gasteiger partial charge in [-0.1, -0.05) is 23.2 Å². The lowest BCUT2D eigenvalue weighted by atomic mass is 9.74. The number of sulfonamides is 1. The van der Waals surface area contributed by atoms with Crippen molar-refractivity contribution in [3.05, 3.63) is 58.0 Å². The van der Waals surface area contributed by atoms with E-state index in [1.165, 1.54) is 23.0 Å². The van der Waals surface area contributed by atoms with E-state index in [0.29, 0.717) is 81.4 Å². The zero-order chi connectivity index (χ0) is 29.1. The largest absolute Gasteiger partial charge is 0.493 e. The molecule has 1 spiro atoms. The molecule has 1 atom stereocenters. The van der Waals surface area contributed by atoms with Crippen molar-refractivity contribution in [2.24, 2.45) is 5.41 Å². The van der Waals surface area contributed by atoms with Gasteiger partial charge in [0.15, 0.2) is 11.5 Å². The Morgan fingerprint density at radius 2 is 1.80 bits per heavy atom. The number of nitrogens with zero attached hydrogens (tertiary/aromatic N) is 6. The molecule has 1 unspecified atom stereocenters. The average molecular weight is 615 g/mol. The summed E-state index contributed by atoms with van der Waals surface area (Å²) in [5.41, 5.74) is 2.90. The van der Waals surface area contributed by atoms with Gasteiger partial charge in [0.25, 0.3) is 0 Å². The lowest BCUT2D eigenvalue weighted by Gasteiger charge is -2.59. The van der Waals surface area contributed by atoms with Gasteiger partial charge in [0, 0.05) is 72.8 Å². The highest BCUT2D eigenvalue weighted by Crippen LogP contribution is 2.44. The van der Waals surface area contributed by atoms with Crippen LogP contribution in [0.3, 0.4) is 0 Å². The highest BCUT2D eigenvalue weighted by Gasteiger charge is 2.54. The molecule has 4 aromatic rings. The number of H-pyrrole nitrogens is 1. The fourth-order valence-electron chi connectivity index (χ4n) is 5.53. The monoisotopic (exact) mass is 613 g/mol. The summed E-state index contributed by atoms with van der Waals surface area (Å²) in [6, 6.07) is 7.61. The van der Waals surface area contributed by atoms with E-state index in [-0.39, 0.29) is 5.41 Å². The molecule has 3 aromatic heterocycles. The second-order valence-corrected chi connectivity index (χ2v) is 13.3. The van der Waals surface area contributed by atoms with Gasteiger partial charge in [-0.25, -0.2) is 17.7 Å². The zero-order valence-electron chi connectivity index (χ0n) is 22.4. The third kappa shape index (κ3) is 4.82. The Labute approximate surface area is 246 Å². The molecule has 2 fully saturated rings. The number of anilines is 1. The second-order valence-electron chi connectivity index (χ2n) is 10.5. The van der Waals surface area contributed by atoms with Crippen molar-refractivity contribution in [1.82, 2.24) is 24.5 Å². The molecular weight excluding hydrogens is 589 g/mol. The van der Waals surface area contributed by atoms with Gasteiger partial charge in [0.2, 0.25) is 10.0 Å². The molecule has 1 N–H and O–H groups in total. The van der Waals surface area contributed by atoms with Crippen LogP contribution in [0.4, 0.5) is 5.82 Å². The number of nitriles is 1. The van der Waals surface area contributed by atoms with Crippen molar-refractivity contribution >= 4 is 49.9 Å². The Morgan fingerprint density at radius 3 is 2.44 bits per heavy atom. The van der Waals surface area contributed by atoms with Crippen LogP contribution in [0.25, 0.3) is 22.2 Å². The van der Waals surface area contributed by atoms with Crippen molar-refractivity contribution < 1.29 is 17.9 Å². The summed E-state index contributed by atoms with van der Waals surface area (Å²) >= 11 is 12.7. The van der Waals surface area contributed by atoms with Crippen LogP contribution in [0.15, 0.2) is 36.8 Å². The molecule has 0 amide bonds. The van der Waals surface area contributed by atoms with E-state index in [1.54, 1.807) is 25.4 Å². The minimum atomic E-state index is -3.18. The van der Waals surface area contributed by atoms with Crippen LogP contribution in [0, 0.1) is 16.7 Å². The van der Waals surface area contributed by atoms with E-state index < -0.39 is 16.1 Å². The van der Waals surface area contributed by atoms with E-state index in [1.807, 2.05) is 17.9 Å². The number of fused-ring (bicyclic) bond motifs is 1. The van der Waals surface area contributed by atoms with Gasteiger partial charge in [-0.2, -0.15) is 10.4 Å². The van der Waals surface area contributed by atoms with Crippen molar-refractivity contribution in [2.75, 3.05) is 44.4 Å². The SMILES string of the molecule is COc1cc2[nH]nc(-c3cnc(N4CC5(C4)CN(S(C)(=O)=O)C5)c(C#N)c3)c2cc1OC(C)c1c(Cl)cncc1Cl. The molecule has 14 heteroatoms. The van der Waals surface area contributed by atoms with E-state index in [2.05, 4.69) is 26.2 Å². The van der Waals surface area contributed by atoms with Crippen LogP contribution in [0.1, 0.15) is 24.2 Å². The zero-order valence-corrected chi connectivity index (χ0v) is 24.7. The van der Waals surface area contributed by atoms with Gasteiger partial charge in [-0.05, 0) is 19.1 Å². The normalized spacial score (nSPS) is 17.1. The number of ether oxygens (including phenoxy) is 2. The Balaban J connectivity index is 1.28. The Hall–Kier alpha value is -3.63. The minimum Gasteiger partial charge on any atom is -0.493 e. The van der Waals surface area contributed by atoms with Crippen LogP contribution in [0.2, 0.25) is 10.0 Å². The number of rotatable bonds is 7. The molecule has 2 aliphatic heterocycles. The summed E-state index contributed by atoms with van der Waals surface area (Å²) in [5.74, 6) is 1.52. The van der Waals surface area contributed by atoms with E-state index in [4.69, 9.17) is 32.7 Å². The standard InChI is InChI=1S/C27H25Cl2N7O4S/c1-15(24-19(28)9-31-10-20(24)29)40-23-5-18-21(6-22(23)39-2)33-34-25(18)17-4-16(7-30)26(32-8-17)35-11-27(12-35)13-36(14-27)41(3,37)38/h4-6,8-10,15H,11-14H2,1-3H3,(H,33,34). The van der Waals surface area contributed by atoms with Gasteiger partial charge in [0.05, 0.1) is 34.5 Å². The lowest BCUT2D eigenvalue weighted by molar-refractivity contribution is 0.0395. The van der Waals surface area contributed by atoms with Crippen LogP contribution in [-0.4, -0.2) is 72.4 Å². The number of aromatic amines is 1. The molecule has 1 aromatic carbocycles. The molecule has 0 aliphatic carbocycles. The van der Waals surface area contributed by atoms with Gasteiger partial charge < -0.3 is 14.4 Å². The topological polar surface area (TPSA) is 137 Å². The molecule has 11 nitrogen and oxygen atoms in total. The first kappa shape index (κ1) is 27.5. The number of pyridine rings is 2. The quantitative estimate of drug-likeness (QED) is 0.321. The molecule has 2 aliphatic rings. The van der Waals surface area contributed by atoms with Gasteiger partial charge >= 0.3 is 0 Å². The van der Waals surface area contributed by atoms with Crippen LogP contribution < -0.4 is 14.4 Å². The van der Waals surface area contributed by atoms with E-state index in [9.17, 15) is 13.7 Å². The van der Waals surface area contributed by atoms with Crippen molar-refractivity contribution in [3.63, 3.8) is 0 Å². The molecule has 5 heterocycles. The maximum Gasteiger partial charge on any atom is 0.211 e. The van der Waals surface area contributed by atoms with E-state index >= 15 is 0 Å². The van der Waals surface area contributed by atoms with Gasteiger partial charge in [0.1, 0.15) is 23.7 Å². The maximum atomic E-state index is 11.8. The highest BCUT2D eigenvalue weighted by molar-refractivity contribution is 7.88. The van der Waals surface area contributed by atoms with Crippen molar-refractivity contribution in [1.29, 1.82) is 5.26 Å². The first-order valence-corrected chi connectivity index (χ1v) is 15.2. The van der Waals surface area contributed by atoms with Gasteiger partial charge in [-0.15, -0.1) is 0 Å². The molecule has 212 valence electrons. The molecule has 6 rings (SSSR count). The lowest BCUT2D eigenvalue weighted by Crippen LogP contribution is -2.73. The Bertz CT molecular complexity index is 1810. The molecule has 2 saturated heterocycles. The minimum absolute atomic E-state index is 0.0775. The first-order valence-electron chi connectivity index (χ1n) is 12.6. The number of benzene rings is 1. The smallest absolute Gasteiger partial charge is 0.211 e. The third-order valence-corrected chi connectivity index (χ3v) is 9.35. The molecule has 0 saturated carbocycles. The number of nitrogens with one attached hydrogen (secondary N) is 1. The van der Waals surface area contributed by atoms with Crippen LogP contribution >= 0.6 is 23.2 Å². The number of hydrogen-bond acceptors (Lipinski definition) is 9. The first-order chi connectivity index (χ1) is 19.5. The summed E-state index contributed by atoms with van der Waals surface area (Å²) in [4.78, 5) is 10.6. The number of aromatic nitrogens is 4. The molecule has 41 heavy (non-hydrogen) atoms.